The van der Waals surface area contributed by atoms with Crippen molar-refractivity contribution in [2.45, 2.75) is 31.3 Å². The molecular formula is C11H13BrO2. The van der Waals surface area contributed by atoms with Crippen molar-refractivity contribution in [1.82, 2.24) is 0 Å². The monoisotopic (exact) mass is 256 g/mol. The Morgan fingerprint density at radius 1 is 1.43 bits per heavy atom. The van der Waals surface area contributed by atoms with Crippen LogP contribution in [0.25, 0.3) is 0 Å². The Hall–Kier alpha value is -0.540. The predicted octanol–water partition coefficient (Wildman–Crippen LogP) is 2.57. The van der Waals surface area contributed by atoms with Crippen LogP contribution in [0.2, 0.25) is 0 Å². The molecule has 0 aliphatic heterocycles. The molecular weight excluding hydrogens is 244 g/mol. The second kappa shape index (κ2) is 3.24. The van der Waals surface area contributed by atoms with E-state index in [9.17, 15) is 10.2 Å². The van der Waals surface area contributed by atoms with Crippen LogP contribution >= 0.6 is 15.9 Å². The fourth-order valence-electron chi connectivity index (χ4n) is 1.97. The molecule has 0 spiro atoms. The molecule has 1 aliphatic rings. The van der Waals surface area contributed by atoms with Crippen molar-refractivity contribution in [1.29, 1.82) is 0 Å². The van der Waals surface area contributed by atoms with E-state index in [1.807, 2.05) is 12.1 Å². The standard InChI is InChI=1S/C11H13BrO2/c1-7(13)11(4-5-11)9-3-2-8(12)6-10(9)14/h2-3,6-7,13-14H,4-5H2,1H3. The van der Waals surface area contributed by atoms with Gasteiger partial charge in [0.15, 0.2) is 0 Å². The number of phenols is 1. The molecule has 1 aromatic carbocycles. The summed E-state index contributed by atoms with van der Waals surface area (Å²) >= 11 is 3.30. The number of rotatable bonds is 2. The largest absolute Gasteiger partial charge is 0.508 e. The Morgan fingerprint density at radius 2 is 2.07 bits per heavy atom. The van der Waals surface area contributed by atoms with Gasteiger partial charge in [-0.3, -0.25) is 0 Å². The first-order valence-corrected chi connectivity index (χ1v) is 5.52. The molecule has 1 unspecified atom stereocenters. The Bertz CT molecular complexity index is 356. The molecule has 3 heteroatoms. The summed E-state index contributed by atoms with van der Waals surface area (Å²) in [6, 6.07) is 5.47. The molecule has 1 saturated carbocycles. The molecule has 1 fully saturated rings. The fourth-order valence-corrected chi connectivity index (χ4v) is 2.32. The summed E-state index contributed by atoms with van der Waals surface area (Å²) in [6.45, 7) is 1.79. The molecule has 0 bridgehead atoms. The third kappa shape index (κ3) is 1.44. The van der Waals surface area contributed by atoms with Gasteiger partial charge >= 0.3 is 0 Å². The first kappa shape index (κ1) is 9.99. The molecule has 0 heterocycles. The van der Waals surface area contributed by atoms with Gasteiger partial charge in [-0.1, -0.05) is 22.0 Å². The van der Waals surface area contributed by atoms with Crippen LogP contribution in [-0.2, 0) is 5.41 Å². The lowest BCUT2D eigenvalue weighted by molar-refractivity contribution is 0.149. The van der Waals surface area contributed by atoms with Crippen molar-refractivity contribution in [3.05, 3.63) is 28.2 Å². The van der Waals surface area contributed by atoms with Crippen molar-refractivity contribution < 1.29 is 10.2 Å². The lowest BCUT2D eigenvalue weighted by Gasteiger charge is -2.20. The number of aliphatic hydroxyl groups is 1. The lowest BCUT2D eigenvalue weighted by atomic mass is 9.90. The van der Waals surface area contributed by atoms with Gasteiger partial charge in [-0.05, 0) is 31.9 Å². The van der Waals surface area contributed by atoms with Crippen molar-refractivity contribution >= 4 is 15.9 Å². The van der Waals surface area contributed by atoms with Crippen LogP contribution in [0.1, 0.15) is 25.3 Å². The molecule has 76 valence electrons. The number of aliphatic hydroxyl groups excluding tert-OH is 1. The molecule has 2 nitrogen and oxygen atoms in total. The Morgan fingerprint density at radius 3 is 2.50 bits per heavy atom. The van der Waals surface area contributed by atoms with Gasteiger partial charge < -0.3 is 10.2 Å². The SMILES string of the molecule is CC(O)C1(c2ccc(Br)cc2O)CC1. The molecule has 1 aromatic rings. The van der Waals surface area contributed by atoms with Crippen molar-refractivity contribution in [3.63, 3.8) is 0 Å². The second-order valence-corrected chi connectivity index (χ2v) is 4.91. The molecule has 0 aromatic heterocycles. The van der Waals surface area contributed by atoms with Gasteiger partial charge in [0.2, 0.25) is 0 Å². The van der Waals surface area contributed by atoms with Crippen LogP contribution in [0, 0.1) is 0 Å². The minimum Gasteiger partial charge on any atom is -0.508 e. The normalized spacial score (nSPS) is 20.5. The predicted molar refractivity (Wildman–Crippen MR) is 58.4 cm³/mol. The molecule has 0 amide bonds. The average Bonchev–Trinajstić information content (AvgIpc) is 2.84. The van der Waals surface area contributed by atoms with E-state index in [1.165, 1.54) is 0 Å². The van der Waals surface area contributed by atoms with Crippen LogP contribution in [0.5, 0.6) is 5.75 Å². The van der Waals surface area contributed by atoms with Gasteiger partial charge in [0.1, 0.15) is 5.75 Å². The van der Waals surface area contributed by atoms with E-state index < -0.39 is 6.10 Å². The van der Waals surface area contributed by atoms with Gasteiger partial charge in [0, 0.05) is 15.5 Å². The first-order chi connectivity index (χ1) is 6.56. The number of hydrogen-bond acceptors (Lipinski definition) is 2. The molecule has 1 aliphatic carbocycles. The number of benzene rings is 1. The smallest absolute Gasteiger partial charge is 0.120 e. The van der Waals surface area contributed by atoms with Gasteiger partial charge in [0.25, 0.3) is 0 Å². The topological polar surface area (TPSA) is 40.5 Å². The van der Waals surface area contributed by atoms with Crippen LogP contribution in [-0.4, -0.2) is 16.3 Å². The highest BCUT2D eigenvalue weighted by Gasteiger charge is 2.49. The van der Waals surface area contributed by atoms with E-state index in [2.05, 4.69) is 15.9 Å². The Kier molecular flexibility index (Phi) is 2.32. The van der Waals surface area contributed by atoms with E-state index in [1.54, 1.807) is 13.0 Å². The van der Waals surface area contributed by atoms with Crippen LogP contribution in [0.4, 0.5) is 0 Å². The van der Waals surface area contributed by atoms with E-state index in [-0.39, 0.29) is 11.2 Å². The maximum Gasteiger partial charge on any atom is 0.120 e. The van der Waals surface area contributed by atoms with Crippen molar-refractivity contribution in [3.8, 4) is 5.75 Å². The molecule has 1 atom stereocenters. The van der Waals surface area contributed by atoms with Crippen molar-refractivity contribution in [2.75, 3.05) is 0 Å². The number of aromatic hydroxyl groups is 1. The van der Waals surface area contributed by atoms with Gasteiger partial charge in [-0.25, -0.2) is 0 Å². The van der Waals surface area contributed by atoms with E-state index >= 15 is 0 Å². The maximum atomic E-state index is 9.77. The third-order valence-corrected chi connectivity index (χ3v) is 3.58. The highest BCUT2D eigenvalue weighted by atomic mass is 79.9. The summed E-state index contributed by atoms with van der Waals surface area (Å²) in [6.07, 6.45) is 1.52. The number of hydrogen-bond donors (Lipinski definition) is 2. The van der Waals surface area contributed by atoms with Gasteiger partial charge in [-0.2, -0.15) is 0 Å². The maximum absolute atomic E-state index is 9.77. The minimum atomic E-state index is -0.394. The molecule has 14 heavy (non-hydrogen) atoms. The van der Waals surface area contributed by atoms with Gasteiger partial charge in [0.05, 0.1) is 6.10 Å². The zero-order valence-corrected chi connectivity index (χ0v) is 9.58. The van der Waals surface area contributed by atoms with E-state index in [0.29, 0.717) is 0 Å². The average molecular weight is 257 g/mol. The zero-order chi connectivity index (χ0) is 10.3. The molecule has 2 N–H and O–H groups in total. The van der Waals surface area contributed by atoms with Gasteiger partial charge in [-0.15, -0.1) is 0 Å². The third-order valence-electron chi connectivity index (χ3n) is 3.08. The van der Waals surface area contributed by atoms with Crippen molar-refractivity contribution in [2.24, 2.45) is 0 Å². The summed E-state index contributed by atoms with van der Waals surface area (Å²) < 4.78 is 0.861. The van der Waals surface area contributed by atoms with Crippen LogP contribution in [0.15, 0.2) is 22.7 Å². The molecule has 0 saturated heterocycles. The Balaban J connectivity index is 2.42. The highest BCUT2D eigenvalue weighted by Crippen LogP contribution is 2.53. The molecule has 0 radical (unpaired) electrons. The zero-order valence-electron chi connectivity index (χ0n) is 8.00. The fraction of sp³-hybridized carbons (Fsp3) is 0.455. The van der Waals surface area contributed by atoms with E-state index in [4.69, 9.17) is 0 Å². The lowest BCUT2D eigenvalue weighted by Crippen LogP contribution is -2.22. The number of halogens is 1. The van der Waals surface area contributed by atoms with Crippen LogP contribution in [0.3, 0.4) is 0 Å². The summed E-state index contributed by atoms with van der Waals surface area (Å²) in [5, 5.41) is 19.4. The Labute approximate surface area is 91.7 Å². The summed E-state index contributed by atoms with van der Waals surface area (Å²) in [7, 11) is 0. The summed E-state index contributed by atoms with van der Waals surface area (Å²) in [4.78, 5) is 0. The summed E-state index contributed by atoms with van der Waals surface area (Å²) in [5.74, 6) is 0.276. The van der Waals surface area contributed by atoms with E-state index in [0.717, 1.165) is 22.9 Å². The molecule has 2 rings (SSSR count). The highest BCUT2D eigenvalue weighted by molar-refractivity contribution is 9.10. The summed E-state index contributed by atoms with van der Waals surface area (Å²) in [5.41, 5.74) is 0.681. The second-order valence-electron chi connectivity index (χ2n) is 3.99. The quantitative estimate of drug-likeness (QED) is 0.854. The first-order valence-electron chi connectivity index (χ1n) is 4.73. The number of phenolic OH excluding ortho intramolecular Hbond substituents is 1. The van der Waals surface area contributed by atoms with Crippen LogP contribution < -0.4 is 0 Å². The minimum absolute atomic E-state index is 0.190.